The number of ether oxygens (including phenoxy) is 4. The van der Waals surface area contributed by atoms with Gasteiger partial charge in [0.1, 0.15) is 12.2 Å². The largest absolute Gasteiger partial charge is 0.374 e. The molecular weight excluding hydrogens is 304 g/mol. The van der Waals surface area contributed by atoms with Crippen LogP contribution in [-0.2, 0) is 32.2 Å². The van der Waals surface area contributed by atoms with Gasteiger partial charge in [0.2, 0.25) is 0 Å². The summed E-state index contributed by atoms with van der Waals surface area (Å²) < 4.78 is 21.8. The first-order valence-corrected chi connectivity index (χ1v) is 7.88. The zero-order chi connectivity index (χ0) is 17.0. The number of benzene rings is 2. The summed E-state index contributed by atoms with van der Waals surface area (Å²) >= 11 is 0. The van der Waals surface area contributed by atoms with Crippen molar-refractivity contribution in [2.75, 3.05) is 13.2 Å². The molecule has 0 aliphatic carbocycles. The van der Waals surface area contributed by atoms with Crippen molar-refractivity contribution >= 4 is 0 Å². The van der Waals surface area contributed by atoms with Gasteiger partial charge in [-0.3, -0.25) is 0 Å². The smallest absolute Gasteiger partial charge is 0.109 e. The van der Waals surface area contributed by atoms with Gasteiger partial charge in [0.25, 0.3) is 0 Å². The predicted molar refractivity (Wildman–Crippen MR) is 92.7 cm³/mol. The van der Waals surface area contributed by atoms with Gasteiger partial charge in [-0.25, -0.2) is 0 Å². The lowest BCUT2D eigenvalue weighted by Gasteiger charge is -2.24. The Hall–Kier alpha value is -1.72. The first-order valence-electron chi connectivity index (χ1n) is 7.88. The van der Waals surface area contributed by atoms with Crippen molar-refractivity contribution in [3.05, 3.63) is 86.0 Å². The third kappa shape index (κ3) is 6.42. The molecule has 0 aliphatic rings. The minimum Gasteiger partial charge on any atom is -0.374 e. The van der Waals surface area contributed by atoms with Crippen LogP contribution in [0.2, 0.25) is 0 Å². The maximum atomic E-state index is 5.69. The Balaban J connectivity index is 1.73. The maximum absolute atomic E-state index is 5.69. The van der Waals surface area contributed by atoms with Crippen molar-refractivity contribution in [3.8, 4) is 0 Å². The lowest BCUT2D eigenvalue weighted by molar-refractivity contribution is -0.0885. The molecule has 0 bridgehead atoms. The molecule has 24 heavy (non-hydrogen) atoms. The van der Waals surface area contributed by atoms with Crippen molar-refractivity contribution in [2.24, 2.45) is 0 Å². The molecule has 0 heterocycles. The summed E-state index contributed by atoms with van der Waals surface area (Å²) in [5, 5.41) is 0. The molecule has 2 aromatic carbocycles. The highest BCUT2D eigenvalue weighted by atomic mass is 16.6. The van der Waals surface area contributed by atoms with Gasteiger partial charge in [-0.15, -0.1) is 0 Å². The van der Waals surface area contributed by atoms with Crippen molar-refractivity contribution in [1.29, 1.82) is 0 Å². The van der Waals surface area contributed by atoms with E-state index in [-0.39, 0.29) is 12.2 Å². The molecule has 4 heteroatoms. The van der Waals surface area contributed by atoms with E-state index in [0.717, 1.165) is 11.1 Å². The van der Waals surface area contributed by atoms with Crippen LogP contribution >= 0.6 is 0 Å². The second-order valence-corrected chi connectivity index (χ2v) is 5.41. The van der Waals surface area contributed by atoms with Gasteiger partial charge in [0.05, 0.1) is 40.6 Å². The van der Waals surface area contributed by atoms with Gasteiger partial charge < -0.3 is 18.9 Å². The van der Waals surface area contributed by atoms with Crippen LogP contribution in [0, 0.1) is 14.2 Å². The molecule has 0 saturated carbocycles. The average molecular weight is 328 g/mol. The summed E-state index contributed by atoms with van der Waals surface area (Å²) in [7, 11) is 7.01. The molecule has 0 fully saturated rings. The molecule has 0 aromatic heterocycles. The maximum Gasteiger partial charge on any atom is 0.109 e. The van der Waals surface area contributed by atoms with Crippen LogP contribution < -0.4 is 0 Å². The number of rotatable bonds is 11. The number of hydrogen-bond acceptors (Lipinski definition) is 4. The molecule has 4 nitrogen and oxygen atoms in total. The third-order valence-electron chi connectivity index (χ3n) is 3.63. The van der Waals surface area contributed by atoms with E-state index in [1.54, 1.807) is 0 Å². The van der Waals surface area contributed by atoms with Crippen molar-refractivity contribution in [2.45, 2.75) is 25.4 Å². The molecule has 0 saturated heterocycles. The van der Waals surface area contributed by atoms with E-state index in [9.17, 15) is 0 Å². The van der Waals surface area contributed by atoms with E-state index in [1.165, 1.54) is 0 Å². The molecule has 2 unspecified atom stereocenters. The first-order chi connectivity index (χ1) is 11.8. The molecule has 0 aliphatic heterocycles. The van der Waals surface area contributed by atoms with Crippen LogP contribution in [-0.4, -0.2) is 25.4 Å². The lowest BCUT2D eigenvalue weighted by Crippen LogP contribution is -2.36. The summed E-state index contributed by atoms with van der Waals surface area (Å²) in [5.41, 5.74) is 2.21. The van der Waals surface area contributed by atoms with Gasteiger partial charge >= 0.3 is 0 Å². The monoisotopic (exact) mass is 328 g/mol. The predicted octanol–water partition coefficient (Wildman–Crippen LogP) is 3.77. The number of hydrogen-bond donors (Lipinski definition) is 0. The van der Waals surface area contributed by atoms with Gasteiger partial charge in [0, 0.05) is 0 Å². The van der Waals surface area contributed by atoms with E-state index < -0.39 is 0 Å². The summed E-state index contributed by atoms with van der Waals surface area (Å²) in [6.45, 7) is 1.73. The molecule has 2 rings (SSSR count). The Kier molecular flexibility index (Phi) is 8.49. The Labute approximate surface area is 144 Å². The molecule has 0 spiro atoms. The molecule has 2 aromatic rings. The van der Waals surface area contributed by atoms with Crippen LogP contribution in [0.15, 0.2) is 60.7 Å². The third-order valence-corrected chi connectivity index (χ3v) is 3.63. The summed E-state index contributed by atoms with van der Waals surface area (Å²) in [6, 6.07) is 19.9. The van der Waals surface area contributed by atoms with Gasteiger partial charge in [-0.1, -0.05) is 60.7 Å². The van der Waals surface area contributed by atoms with E-state index in [0.29, 0.717) is 26.4 Å². The zero-order valence-corrected chi connectivity index (χ0v) is 13.8. The molecule has 0 amide bonds. The first kappa shape index (κ1) is 18.6. The second kappa shape index (κ2) is 10.9. The fourth-order valence-electron chi connectivity index (χ4n) is 2.26. The van der Waals surface area contributed by atoms with Crippen molar-refractivity contribution in [1.82, 2.24) is 0 Å². The van der Waals surface area contributed by atoms with Crippen LogP contribution in [0.4, 0.5) is 0 Å². The minimum absolute atomic E-state index is 0.345. The van der Waals surface area contributed by atoms with Crippen molar-refractivity contribution < 1.29 is 18.9 Å². The summed E-state index contributed by atoms with van der Waals surface area (Å²) in [4.78, 5) is 0. The van der Waals surface area contributed by atoms with Gasteiger partial charge in [-0.2, -0.15) is 0 Å². The molecule has 2 atom stereocenters. The zero-order valence-electron chi connectivity index (χ0n) is 13.8. The SMILES string of the molecule is [CH2]OC(COCc1ccccc1)C(COCc1ccccc1)O[CH2]. The minimum atomic E-state index is -0.345. The summed E-state index contributed by atoms with van der Waals surface area (Å²) in [5.74, 6) is 0. The fourth-order valence-corrected chi connectivity index (χ4v) is 2.26. The summed E-state index contributed by atoms with van der Waals surface area (Å²) in [6.07, 6.45) is -0.691. The molecular formula is C20H24O4. The van der Waals surface area contributed by atoms with Crippen LogP contribution in [0.1, 0.15) is 11.1 Å². The fraction of sp³-hybridized carbons (Fsp3) is 0.300. The van der Waals surface area contributed by atoms with Gasteiger partial charge in [0.15, 0.2) is 0 Å². The van der Waals surface area contributed by atoms with Crippen LogP contribution in [0.3, 0.4) is 0 Å². The highest BCUT2D eigenvalue weighted by Gasteiger charge is 2.21. The van der Waals surface area contributed by atoms with Crippen LogP contribution in [0.25, 0.3) is 0 Å². The topological polar surface area (TPSA) is 36.9 Å². The molecule has 2 radical (unpaired) electrons. The van der Waals surface area contributed by atoms with Crippen LogP contribution in [0.5, 0.6) is 0 Å². The lowest BCUT2D eigenvalue weighted by atomic mass is 10.2. The highest BCUT2D eigenvalue weighted by Crippen LogP contribution is 2.09. The quantitative estimate of drug-likeness (QED) is 0.629. The van der Waals surface area contributed by atoms with E-state index in [1.807, 2.05) is 60.7 Å². The van der Waals surface area contributed by atoms with E-state index in [2.05, 4.69) is 14.2 Å². The Morgan fingerprint density at radius 1 is 0.625 bits per heavy atom. The van der Waals surface area contributed by atoms with E-state index in [4.69, 9.17) is 18.9 Å². The second-order valence-electron chi connectivity index (χ2n) is 5.41. The average Bonchev–Trinajstić information content (AvgIpc) is 2.65. The Morgan fingerprint density at radius 3 is 1.33 bits per heavy atom. The standard InChI is InChI=1S/C20H24O4/c1-21-19(15-23-13-17-9-5-3-6-10-17)20(22-2)16-24-14-18-11-7-4-8-12-18/h3-12,19-20H,1-2,13-16H2. The molecule has 128 valence electrons. The Bertz CT molecular complexity index is 493. The molecule has 0 N–H and O–H groups in total. The van der Waals surface area contributed by atoms with Crippen molar-refractivity contribution in [3.63, 3.8) is 0 Å². The normalized spacial score (nSPS) is 13.6. The highest BCUT2D eigenvalue weighted by molar-refractivity contribution is 5.14. The van der Waals surface area contributed by atoms with E-state index >= 15 is 0 Å². The van der Waals surface area contributed by atoms with Gasteiger partial charge in [-0.05, 0) is 11.1 Å². The Morgan fingerprint density at radius 2 is 1.00 bits per heavy atom.